The van der Waals surface area contributed by atoms with Crippen LogP contribution >= 0.6 is 24.2 Å². The van der Waals surface area contributed by atoms with Crippen molar-refractivity contribution in [2.24, 2.45) is 0 Å². The Kier molecular flexibility index (Phi) is 8.37. The fourth-order valence-corrected chi connectivity index (χ4v) is 2.99. The Labute approximate surface area is 147 Å². The summed E-state index contributed by atoms with van der Waals surface area (Å²) in [5.74, 6) is -3.70. The molecular formula is C14H17ClF3N3O2S. The second-order valence-corrected chi connectivity index (χ2v) is 6.13. The van der Waals surface area contributed by atoms with Crippen LogP contribution in [0.4, 0.5) is 18.9 Å². The monoisotopic (exact) mass is 383 g/mol. The lowest BCUT2D eigenvalue weighted by Crippen LogP contribution is -2.42. The summed E-state index contributed by atoms with van der Waals surface area (Å²) in [6.07, 6.45) is 0.236. The van der Waals surface area contributed by atoms with E-state index in [1.807, 2.05) is 0 Å². The molecule has 24 heavy (non-hydrogen) atoms. The first kappa shape index (κ1) is 20.6. The predicted octanol–water partition coefficient (Wildman–Crippen LogP) is 1.68. The van der Waals surface area contributed by atoms with Crippen LogP contribution in [0.5, 0.6) is 0 Å². The summed E-state index contributed by atoms with van der Waals surface area (Å²) in [6, 6.07) is 1.68. The van der Waals surface area contributed by atoms with Crippen LogP contribution in [0.3, 0.4) is 0 Å². The van der Waals surface area contributed by atoms with Gasteiger partial charge in [0.05, 0.1) is 12.2 Å². The molecule has 1 aromatic carbocycles. The standard InChI is InChI=1S/C14H16F3N3O2S.ClH/c15-9-1-2-10(14(17)13(9)16)20-12(22)6-19-11(21)5-8-7-23-4-3-18-8;/h1-2,8,18H,3-7H2,(H,19,21)(H,20,22);1H. The molecule has 1 heterocycles. The Morgan fingerprint density at radius 1 is 1.21 bits per heavy atom. The van der Waals surface area contributed by atoms with Crippen LogP contribution in [-0.4, -0.2) is 42.5 Å². The van der Waals surface area contributed by atoms with E-state index < -0.39 is 29.0 Å². The molecule has 0 bridgehead atoms. The van der Waals surface area contributed by atoms with Crippen molar-refractivity contribution in [1.82, 2.24) is 10.6 Å². The van der Waals surface area contributed by atoms with Crippen molar-refractivity contribution >= 4 is 41.7 Å². The van der Waals surface area contributed by atoms with Gasteiger partial charge >= 0.3 is 0 Å². The second-order valence-electron chi connectivity index (χ2n) is 4.98. The van der Waals surface area contributed by atoms with Gasteiger partial charge in [0.25, 0.3) is 0 Å². The predicted molar refractivity (Wildman–Crippen MR) is 88.9 cm³/mol. The molecule has 3 N–H and O–H groups in total. The highest BCUT2D eigenvalue weighted by atomic mass is 35.5. The summed E-state index contributed by atoms with van der Waals surface area (Å²) in [6.45, 7) is 0.454. The number of hydrogen-bond donors (Lipinski definition) is 3. The molecule has 1 saturated heterocycles. The van der Waals surface area contributed by atoms with Gasteiger partial charge in [-0.25, -0.2) is 13.2 Å². The van der Waals surface area contributed by atoms with E-state index >= 15 is 0 Å². The first-order valence-corrected chi connectivity index (χ1v) is 8.14. The van der Waals surface area contributed by atoms with Crippen LogP contribution in [0.2, 0.25) is 0 Å². The average Bonchev–Trinajstić information content (AvgIpc) is 2.54. The Morgan fingerprint density at radius 2 is 1.96 bits per heavy atom. The molecule has 0 radical (unpaired) electrons. The number of anilines is 1. The van der Waals surface area contributed by atoms with Crippen LogP contribution in [0.15, 0.2) is 12.1 Å². The van der Waals surface area contributed by atoms with Crippen molar-refractivity contribution in [3.05, 3.63) is 29.6 Å². The average molecular weight is 384 g/mol. The summed E-state index contributed by atoms with van der Waals surface area (Å²) >= 11 is 1.75. The maximum atomic E-state index is 13.4. The van der Waals surface area contributed by atoms with Crippen molar-refractivity contribution < 1.29 is 22.8 Å². The maximum Gasteiger partial charge on any atom is 0.243 e. The number of hydrogen-bond acceptors (Lipinski definition) is 4. The van der Waals surface area contributed by atoms with Crippen LogP contribution in [0.25, 0.3) is 0 Å². The molecule has 1 aliphatic heterocycles. The highest BCUT2D eigenvalue weighted by Crippen LogP contribution is 2.19. The number of rotatable bonds is 5. The maximum absolute atomic E-state index is 13.4. The van der Waals surface area contributed by atoms with Crippen LogP contribution in [0.1, 0.15) is 6.42 Å². The van der Waals surface area contributed by atoms with Crippen molar-refractivity contribution in [3.63, 3.8) is 0 Å². The highest BCUT2D eigenvalue weighted by Gasteiger charge is 2.18. The van der Waals surface area contributed by atoms with Gasteiger partial charge in [-0.3, -0.25) is 9.59 Å². The number of carbonyl (C=O) groups is 2. The third kappa shape index (κ3) is 5.88. The minimum atomic E-state index is -1.66. The molecule has 0 saturated carbocycles. The Hall–Kier alpha value is -1.45. The number of thioether (sulfide) groups is 1. The molecule has 10 heteroatoms. The number of halogens is 4. The lowest BCUT2D eigenvalue weighted by molar-refractivity contribution is -0.124. The Morgan fingerprint density at radius 3 is 2.62 bits per heavy atom. The molecule has 134 valence electrons. The van der Waals surface area contributed by atoms with Gasteiger partial charge in [0.2, 0.25) is 11.8 Å². The van der Waals surface area contributed by atoms with Crippen molar-refractivity contribution in [1.29, 1.82) is 0 Å². The lowest BCUT2D eigenvalue weighted by atomic mass is 10.2. The summed E-state index contributed by atoms with van der Waals surface area (Å²) in [5, 5.41) is 7.67. The normalized spacial score (nSPS) is 16.9. The van der Waals surface area contributed by atoms with E-state index in [9.17, 15) is 22.8 Å². The van der Waals surface area contributed by atoms with Crippen LogP contribution in [0, 0.1) is 17.5 Å². The fourth-order valence-electron chi connectivity index (χ4n) is 2.04. The third-order valence-electron chi connectivity index (χ3n) is 3.19. The fraction of sp³-hybridized carbons (Fsp3) is 0.429. The molecule has 0 spiro atoms. The molecular weight excluding hydrogens is 367 g/mol. The number of amides is 2. The second kappa shape index (κ2) is 9.75. The van der Waals surface area contributed by atoms with Gasteiger partial charge in [-0.2, -0.15) is 11.8 Å². The van der Waals surface area contributed by atoms with E-state index in [1.165, 1.54) is 0 Å². The molecule has 5 nitrogen and oxygen atoms in total. The largest absolute Gasteiger partial charge is 0.347 e. The van der Waals surface area contributed by atoms with Crippen LogP contribution in [-0.2, 0) is 9.59 Å². The lowest BCUT2D eigenvalue weighted by Gasteiger charge is -2.22. The van der Waals surface area contributed by atoms with Crippen molar-refractivity contribution in [2.75, 3.05) is 29.9 Å². The third-order valence-corrected chi connectivity index (χ3v) is 4.32. The quantitative estimate of drug-likeness (QED) is 0.677. The van der Waals surface area contributed by atoms with Gasteiger partial charge in [-0.1, -0.05) is 0 Å². The van der Waals surface area contributed by atoms with Crippen LogP contribution < -0.4 is 16.0 Å². The van der Waals surface area contributed by atoms with Gasteiger partial charge in [0.1, 0.15) is 0 Å². The highest BCUT2D eigenvalue weighted by molar-refractivity contribution is 7.99. The molecule has 2 rings (SSSR count). The zero-order chi connectivity index (χ0) is 16.8. The van der Waals surface area contributed by atoms with E-state index in [4.69, 9.17) is 0 Å². The molecule has 0 aliphatic carbocycles. The number of carbonyl (C=O) groups excluding carboxylic acids is 2. The summed E-state index contributed by atoms with van der Waals surface area (Å²) in [5.41, 5.74) is -0.478. The molecule has 1 aromatic rings. The van der Waals surface area contributed by atoms with Crippen molar-refractivity contribution in [2.45, 2.75) is 12.5 Å². The molecule has 1 atom stereocenters. The Bertz CT molecular complexity index is 601. The first-order valence-electron chi connectivity index (χ1n) is 6.98. The Balaban J connectivity index is 0.00000288. The zero-order valence-corrected chi connectivity index (χ0v) is 14.2. The van der Waals surface area contributed by atoms with Gasteiger partial charge < -0.3 is 16.0 Å². The molecule has 1 fully saturated rings. The first-order chi connectivity index (χ1) is 11.0. The SMILES string of the molecule is Cl.O=C(CC1CSCCN1)NCC(=O)Nc1ccc(F)c(F)c1F. The molecule has 1 aliphatic rings. The molecule has 0 aromatic heterocycles. The minimum Gasteiger partial charge on any atom is -0.347 e. The topological polar surface area (TPSA) is 70.2 Å². The molecule has 2 amide bonds. The summed E-state index contributed by atoms with van der Waals surface area (Å²) < 4.78 is 39.2. The van der Waals surface area contributed by atoms with Crippen molar-refractivity contribution in [3.8, 4) is 0 Å². The van der Waals surface area contributed by atoms with Gasteiger partial charge in [0.15, 0.2) is 17.5 Å². The van der Waals surface area contributed by atoms with E-state index in [0.29, 0.717) is 6.07 Å². The van der Waals surface area contributed by atoms with E-state index in [-0.39, 0.29) is 37.3 Å². The van der Waals surface area contributed by atoms with Gasteiger partial charge in [-0.15, -0.1) is 12.4 Å². The smallest absolute Gasteiger partial charge is 0.243 e. The van der Waals surface area contributed by atoms with Gasteiger partial charge in [-0.05, 0) is 12.1 Å². The van der Waals surface area contributed by atoms with Gasteiger partial charge in [0, 0.05) is 30.5 Å². The summed E-state index contributed by atoms with van der Waals surface area (Å²) in [7, 11) is 0. The van der Waals surface area contributed by atoms with E-state index in [0.717, 1.165) is 24.1 Å². The summed E-state index contributed by atoms with van der Waals surface area (Å²) in [4.78, 5) is 23.3. The number of nitrogens with one attached hydrogen (secondary N) is 3. The number of benzene rings is 1. The van der Waals surface area contributed by atoms with E-state index in [2.05, 4.69) is 16.0 Å². The minimum absolute atomic E-state index is 0. The molecule has 1 unspecified atom stereocenters. The zero-order valence-electron chi connectivity index (χ0n) is 12.5. The van der Waals surface area contributed by atoms with E-state index in [1.54, 1.807) is 11.8 Å².